The summed E-state index contributed by atoms with van der Waals surface area (Å²) in [5, 5.41) is 45.6. The highest BCUT2D eigenvalue weighted by atomic mass is 35.5. The fourth-order valence-corrected chi connectivity index (χ4v) is 3.20. The van der Waals surface area contributed by atoms with Gasteiger partial charge in [0.2, 0.25) is 5.91 Å². The summed E-state index contributed by atoms with van der Waals surface area (Å²) in [5.74, 6) is -0.150. The van der Waals surface area contributed by atoms with E-state index >= 15 is 0 Å². The van der Waals surface area contributed by atoms with Gasteiger partial charge in [0.25, 0.3) is 5.69 Å². The van der Waals surface area contributed by atoms with Crippen LogP contribution in [0.4, 0.5) is 34.1 Å². The van der Waals surface area contributed by atoms with Gasteiger partial charge in [-0.3, -0.25) is 25.0 Å². The van der Waals surface area contributed by atoms with E-state index in [1.54, 1.807) is 6.92 Å². The van der Waals surface area contributed by atoms with Crippen LogP contribution in [0.25, 0.3) is 0 Å². The summed E-state index contributed by atoms with van der Waals surface area (Å²) in [5.41, 5.74) is -0.928. The standard InChI is InChI=1S/C22H25ClN6O8/c1-11(2)10-37-18-8-16(25-13(4)31)20(21(22(18)36-5)24-9-12(3)30)27-26-19-15(23)6-14(28(32)33)7-17(19)29(34)35/h6-8,12,24,30H,1,9-10H2,2-5H3,(H,25,31). The molecule has 37 heavy (non-hydrogen) atoms. The monoisotopic (exact) mass is 536 g/mol. The Hall–Kier alpha value is -4.30. The number of benzene rings is 2. The largest absolute Gasteiger partial charge is 0.491 e. The number of halogens is 1. The molecule has 1 unspecified atom stereocenters. The Morgan fingerprint density at radius 2 is 1.84 bits per heavy atom. The van der Waals surface area contributed by atoms with E-state index in [1.165, 1.54) is 27.0 Å². The number of anilines is 2. The third kappa shape index (κ3) is 7.59. The molecule has 2 aromatic carbocycles. The van der Waals surface area contributed by atoms with Gasteiger partial charge in [-0.2, -0.15) is 0 Å². The molecule has 15 heteroatoms. The third-order valence-electron chi connectivity index (χ3n) is 4.47. The van der Waals surface area contributed by atoms with E-state index in [2.05, 4.69) is 27.4 Å². The van der Waals surface area contributed by atoms with Gasteiger partial charge in [0.15, 0.2) is 17.2 Å². The highest BCUT2D eigenvalue weighted by Crippen LogP contribution is 2.49. The van der Waals surface area contributed by atoms with Gasteiger partial charge < -0.3 is 25.2 Å². The molecule has 0 spiro atoms. The lowest BCUT2D eigenvalue weighted by molar-refractivity contribution is -0.393. The molecule has 14 nitrogen and oxygen atoms in total. The van der Waals surface area contributed by atoms with Gasteiger partial charge >= 0.3 is 5.69 Å². The molecule has 0 saturated carbocycles. The number of carbonyl (C=O) groups excluding carboxylic acids is 1. The number of nitrogens with zero attached hydrogens (tertiary/aromatic N) is 4. The first-order valence-corrected chi connectivity index (χ1v) is 11.0. The number of azo groups is 1. The van der Waals surface area contributed by atoms with Gasteiger partial charge in [-0.05, 0) is 19.4 Å². The summed E-state index contributed by atoms with van der Waals surface area (Å²) < 4.78 is 11.3. The molecule has 0 radical (unpaired) electrons. The first-order chi connectivity index (χ1) is 17.3. The van der Waals surface area contributed by atoms with Crippen LogP contribution in [0.2, 0.25) is 5.02 Å². The predicted molar refractivity (Wildman–Crippen MR) is 137 cm³/mol. The number of carbonyl (C=O) groups is 1. The summed E-state index contributed by atoms with van der Waals surface area (Å²) in [6.45, 7) is 8.44. The molecular formula is C22H25ClN6O8. The fourth-order valence-electron chi connectivity index (χ4n) is 2.96. The number of nitro groups is 2. The summed E-state index contributed by atoms with van der Waals surface area (Å²) in [6, 6.07) is 3.02. The third-order valence-corrected chi connectivity index (χ3v) is 4.76. The van der Waals surface area contributed by atoms with Crippen LogP contribution in [0.15, 0.2) is 40.6 Å². The SMILES string of the molecule is C=C(C)COc1cc(NC(C)=O)c(N=Nc2c(Cl)cc([N+](=O)[O-])cc2[N+](=O)[O-])c(NCC(C)O)c1OC. The molecule has 3 N–H and O–H groups in total. The second kappa shape index (κ2) is 12.6. The van der Waals surface area contributed by atoms with Crippen LogP contribution >= 0.6 is 11.6 Å². The Bertz CT molecular complexity index is 1260. The average Bonchev–Trinajstić information content (AvgIpc) is 2.79. The Morgan fingerprint density at radius 1 is 1.19 bits per heavy atom. The quantitative estimate of drug-likeness (QED) is 0.140. The number of ether oxygens (including phenoxy) is 2. The predicted octanol–water partition coefficient (Wildman–Crippen LogP) is 5.29. The van der Waals surface area contributed by atoms with E-state index in [1.807, 2.05) is 0 Å². The second-order valence-corrected chi connectivity index (χ2v) is 8.25. The number of nitrogens with one attached hydrogen (secondary N) is 2. The highest BCUT2D eigenvalue weighted by Gasteiger charge is 2.25. The number of hydrogen-bond donors (Lipinski definition) is 3. The molecule has 0 saturated heterocycles. The van der Waals surface area contributed by atoms with Crippen molar-refractivity contribution in [2.75, 3.05) is 30.9 Å². The molecular weight excluding hydrogens is 512 g/mol. The van der Waals surface area contributed by atoms with Crippen molar-refractivity contribution in [3.05, 3.63) is 55.6 Å². The molecule has 198 valence electrons. The Kier molecular flexibility index (Phi) is 9.85. The van der Waals surface area contributed by atoms with Gasteiger partial charge in [-0.1, -0.05) is 18.2 Å². The zero-order valence-electron chi connectivity index (χ0n) is 20.4. The lowest BCUT2D eigenvalue weighted by Gasteiger charge is -2.20. The second-order valence-electron chi connectivity index (χ2n) is 7.85. The van der Waals surface area contributed by atoms with Crippen LogP contribution in [0.5, 0.6) is 11.5 Å². The van der Waals surface area contributed by atoms with Gasteiger partial charge in [-0.25, -0.2) is 0 Å². The van der Waals surface area contributed by atoms with Crippen LogP contribution in [0.3, 0.4) is 0 Å². The average molecular weight is 537 g/mol. The van der Waals surface area contributed by atoms with Crippen LogP contribution in [0, 0.1) is 20.2 Å². The van der Waals surface area contributed by atoms with E-state index in [0.717, 1.165) is 6.07 Å². The maximum Gasteiger partial charge on any atom is 0.305 e. The number of methoxy groups -OCH3 is 1. The van der Waals surface area contributed by atoms with E-state index in [0.29, 0.717) is 11.6 Å². The first-order valence-electron chi connectivity index (χ1n) is 10.6. The van der Waals surface area contributed by atoms with Gasteiger partial charge in [0.1, 0.15) is 18.0 Å². The van der Waals surface area contributed by atoms with E-state index in [9.17, 15) is 30.1 Å². The number of hydrogen-bond acceptors (Lipinski definition) is 11. The summed E-state index contributed by atoms with van der Waals surface area (Å²) in [6.07, 6.45) is -0.816. The van der Waals surface area contributed by atoms with Crippen molar-refractivity contribution in [2.45, 2.75) is 26.9 Å². The zero-order valence-corrected chi connectivity index (χ0v) is 21.2. The molecule has 2 rings (SSSR count). The molecule has 0 fully saturated rings. The smallest absolute Gasteiger partial charge is 0.305 e. The van der Waals surface area contributed by atoms with Crippen molar-refractivity contribution in [2.24, 2.45) is 10.2 Å². The first kappa shape index (κ1) is 28.9. The lowest BCUT2D eigenvalue weighted by Crippen LogP contribution is -2.17. The van der Waals surface area contributed by atoms with E-state index in [-0.39, 0.29) is 41.7 Å². The molecule has 0 aliphatic rings. The molecule has 0 bridgehead atoms. The fraction of sp³-hybridized carbons (Fsp3) is 0.318. The number of amides is 1. The topological polar surface area (TPSA) is 191 Å². The van der Waals surface area contributed by atoms with Gasteiger partial charge in [0, 0.05) is 25.6 Å². The van der Waals surface area contributed by atoms with Crippen molar-refractivity contribution < 1.29 is 29.2 Å². The van der Waals surface area contributed by atoms with Crippen LogP contribution in [-0.4, -0.2) is 47.2 Å². The van der Waals surface area contributed by atoms with Crippen LogP contribution in [0.1, 0.15) is 20.8 Å². The minimum atomic E-state index is -0.885. The highest BCUT2D eigenvalue weighted by molar-refractivity contribution is 6.33. The number of rotatable bonds is 12. The lowest BCUT2D eigenvalue weighted by atomic mass is 10.1. The van der Waals surface area contributed by atoms with E-state index < -0.39 is 43.9 Å². The van der Waals surface area contributed by atoms with Crippen molar-refractivity contribution >= 4 is 51.6 Å². The zero-order chi connectivity index (χ0) is 27.9. The maximum atomic E-state index is 11.9. The Labute approximate surface area is 216 Å². The van der Waals surface area contributed by atoms with Crippen molar-refractivity contribution in [3.8, 4) is 11.5 Å². The minimum Gasteiger partial charge on any atom is -0.491 e. The van der Waals surface area contributed by atoms with Gasteiger partial charge in [-0.15, -0.1) is 10.2 Å². The van der Waals surface area contributed by atoms with E-state index in [4.69, 9.17) is 21.1 Å². The summed E-state index contributed by atoms with van der Waals surface area (Å²) >= 11 is 6.08. The Balaban J connectivity index is 2.82. The summed E-state index contributed by atoms with van der Waals surface area (Å²) in [4.78, 5) is 32.9. The number of aliphatic hydroxyl groups is 1. The normalized spacial score (nSPS) is 11.6. The molecule has 0 heterocycles. The van der Waals surface area contributed by atoms with Crippen molar-refractivity contribution in [3.63, 3.8) is 0 Å². The number of non-ortho nitro benzene ring substituents is 1. The van der Waals surface area contributed by atoms with Crippen molar-refractivity contribution in [1.29, 1.82) is 0 Å². The summed E-state index contributed by atoms with van der Waals surface area (Å²) in [7, 11) is 1.35. The maximum absolute atomic E-state index is 11.9. The Morgan fingerprint density at radius 3 is 2.35 bits per heavy atom. The van der Waals surface area contributed by atoms with Crippen LogP contribution < -0.4 is 20.1 Å². The molecule has 0 aromatic heterocycles. The molecule has 0 aliphatic heterocycles. The number of aliphatic hydroxyl groups excluding tert-OH is 1. The molecule has 0 aliphatic carbocycles. The molecule has 1 amide bonds. The van der Waals surface area contributed by atoms with Crippen LogP contribution in [-0.2, 0) is 4.79 Å². The molecule has 1 atom stereocenters. The minimum absolute atomic E-state index is 0.0146. The van der Waals surface area contributed by atoms with Gasteiger partial charge in [0.05, 0.1) is 39.8 Å². The van der Waals surface area contributed by atoms with Crippen molar-refractivity contribution in [1.82, 2.24) is 0 Å². The molecule has 2 aromatic rings. The number of nitro benzene ring substituents is 2.